The Morgan fingerprint density at radius 2 is 1.94 bits per heavy atom. The fourth-order valence-corrected chi connectivity index (χ4v) is 4.39. The van der Waals surface area contributed by atoms with Crippen molar-refractivity contribution in [1.82, 2.24) is 25.2 Å². The zero-order valence-electron chi connectivity index (χ0n) is 20.5. The van der Waals surface area contributed by atoms with Crippen LogP contribution in [0.2, 0.25) is 0 Å². The summed E-state index contributed by atoms with van der Waals surface area (Å²) >= 11 is 0. The standard InChI is InChI=1S/C26H30N8O2/c1-4-18-15-22(30-25(35)32-26(2)9-14-36-17-26)29-23-21(18)16-27-24(31-23)28-19-5-7-20(8-6-19)34-12-10-33(3)11-13-34/h1,5-8,15-16H,9-14,17H2,2-3H3,(H3,27,28,29,30,31,32,35). The van der Waals surface area contributed by atoms with Gasteiger partial charge in [-0.05, 0) is 50.7 Å². The molecule has 2 aliphatic heterocycles. The second kappa shape index (κ2) is 9.97. The third kappa shape index (κ3) is 5.32. The average Bonchev–Trinajstić information content (AvgIpc) is 3.29. The number of piperazine rings is 1. The lowest BCUT2D eigenvalue weighted by Crippen LogP contribution is -2.48. The minimum Gasteiger partial charge on any atom is -0.379 e. The SMILES string of the molecule is C#Cc1cc(NC(=O)NC2(C)CCOC2)nc2nc(Nc3ccc(N4CCN(C)CC4)cc3)ncc12. The highest BCUT2D eigenvalue weighted by Gasteiger charge is 2.31. The fraction of sp³-hybridized carbons (Fsp3) is 0.385. The Bertz CT molecular complexity index is 1290. The Morgan fingerprint density at radius 1 is 1.17 bits per heavy atom. The number of likely N-dealkylation sites (N-methyl/N-ethyl adjacent to an activating group) is 1. The highest BCUT2D eigenvalue weighted by Crippen LogP contribution is 2.24. The van der Waals surface area contributed by atoms with Gasteiger partial charge in [-0.1, -0.05) is 5.92 Å². The fourth-order valence-electron chi connectivity index (χ4n) is 4.39. The Hall–Kier alpha value is -3.94. The van der Waals surface area contributed by atoms with Gasteiger partial charge in [-0.2, -0.15) is 4.98 Å². The Kier molecular flexibility index (Phi) is 6.59. The number of aromatic nitrogens is 3. The number of carbonyl (C=O) groups excluding carboxylic acids is 1. The number of rotatable bonds is 5. The van der Waals surface area contributed by atoms with E-state index in [1.807, 2.05) is 19.1 Å². The number of ether oxygens (including phenoxy) is 1. The van der Waals surface area contributed by atoms with Gasteiger partial charge in [-0.3, -0.25) is 5.32 Å². The van der Waals surface area contributed by atoms with E-state index in [9.17, 15) is 4.79 Å². The molecule has 10 heteroatoms. The lowest BCUT2D eigenvalue weighted by Gasteiger charge is -2.34. The number of anilines is 4. The Morgan fingerprint density at radius 3 is 2.64 bits per heavy atom. The smallest absolute Gasteiger partial charge is 0.320 e. The molecule has 4 heterocycles. The second-order valence-electron chi connectivity index (χ2n) is 9.53. The molecule has 2 fully saturated rings. The molecule has 36 heavy (non-hydrogen) atoms. The van der Waals surface area contributed by atoms with Crippen molar-refractivity contribution < 1.29 is 9.53 Å². The third-order valence-corrected chi connectivity index (χ3v) is 6.59. The summed E-state index contributed by atoms with van der Waals surface area (Å²) in [5.41, 5.74) is 2.59. The van der Waals surface area contributed by atoms with Gasteiger partial charge in [0.2, 0.25) is 5.95 Å². The quantitative estimate of drug-likeness (QED) is 0.473. The maximum atomic E-state index is 12.6. The molecule has 3 aromatic rings. The predicted octanol–water partition coefficient (Wildman–Crippen LogP) is 2.80. The number of urea groups is 1. The van der Waals surface area contributed by atoms with E-state index in [1.54, 1.807) is 12.3 Å². The topological polar surface area (TPSA) is 108 Å². The van der Waals surface area contributed by atoms with Crippen molar-refractivity contribution in [3.63, 3.8) is 0 Å². The van der Waals surface area contributed by atoms with Crippen LogP contribution in [0.4, 0.5) is 27.9 Å². The molecule has 2 amide bonds. The van der Waals surface area contributed by atoms with Crippen LogP contribution in [-0.2, 0) is 4.74 Å². The normalized spacial score (nSPS) is 20.2. The molecule has 0 saturated carbocycles. The van der Waals surface area contributed by atoms with Crippen LogP contribution in [0.25, 0.3) is 11.0 Å². The van der Waals surface area contributed by atoms with Crippen LogP contribution in [0.1, 0.15) is 18.9 Å². The summed E-state index contributed by atoms with van der Waals surface area (Å²) in [6.07, 6.45) is 8.11. The molecule has 0 spiro atoms. The van der Waals surface area contributed by atoms with Crippen molar-refractivity contribution in [3.8, 4) is 12.3 Å². The molecule has 10 nitrogen and oxygen atoms in total. The van der Waals surface area contributed by atoms with Crippen LogP contribution in [0.5, 0.6) is 0 Å². The molecule has 1 aromatic carbocycles. The average molecular weight is 487 g/mol. The van der Waals surface area contributed by atoms with Crippen molar-refractivity contribution in [2.75, 3.05) is 62.0 Å². The summed E-state index contributed by atoms with van der Waals surface area (Å²) in [6, 6.07) is 9.49. The van der Waals surface area contributed by atoms with Crippen LogP contribution >= 0.6 is 0 Å². The number of hydrogen-bond acceptors (Lipinski definition) is 8. The molecular formula is C26H30N8O2. The highest BCUT2D eigenvalue weighted by molar-refractivity contribution is 5.92. The van der Waals surface area contributed by atoms with E-state index in [-0.39, 0.29) is 6.03 Å². The molecule has 5 rings (SSSR count). The highest BCUT2D eigenvalue weighted by atomic mass is 16.5. The minimum absolute atomic E-state index is 0.316. The molecule has 186 valence electrons. The second-order valence-corrected chi connectivity index (χ2v) is 9.53. The number of amides is 2. The summed E-state index contributed by atoms with van der Waals surface area (Å²) in [6.45, 7) is 7.19. The van der Waals surface area contributed by atoms with Crippen molar-refractivity contribution in [2.45, 2.75) is 18.9 Å². The van der Waals surface area contributed by atoms with E-state index >= 15 is 0 Å². The number of nitrogens with one attached hydrogen (secondary N) is 3. The van der Waals surface area contributed by atoms with E-state index in [1.165, 1.54) is 5.69 Å². The van der Waals surface area contributed by atoms with Crippen LogP contribution in [0.3, 0.4) is 0 Å². The van der Waals surface area contributed by atoms with Gasteiger partial charge in [-0.15, -0.1) is 6.42 Å². The van der Waals surface area contributed by atoms with Crippen LogP contribution in [-0.4, -0.2) is 77.9 Å². The Labute approximate surface area is 210 Å². The van der Waals surface area contributed by atoms with Crippen molar-refractivity contribution in [1.29, 1.82) is 0 Å². The summed E-state index contributed by atoms with van der Waals surface area (Å²) < 4.78 is 5.40. The number of carbonyl (C=O) groups is 1. The van der Waals surface area contributed by atoms with Gasteiger partial charge in [0.1, 0.15) is 5.82 Å². The third-order valence-electron chi connectivity index (χ3n) is 6.59. The molecule has 2 aliphatic rings. The van der Waals surface area contributed by atoms with Gasteiger partial charge in [0.15, 0.2) is 5.65 Å². The van der Waals surface area contributed by atoms with E-state index in [0.29, 0.717) is 41.6 Å². The summed E-state index contributed by atoms with van der Waals surface area (Å²) in [4.78, 5) is 30.7. The number of fused-ring (bicyclic) bond motifs is 1. The maximum absolute atomic E-state index is 12.6. The summed E-state index contributed by atoms with van der Waals surface area (Å²) in [5, 5.41) is 9.58. The largest absolute Gasteiger partial charge is 0.379 e. The molecule has 0 aliphatic carbocycles. The van der Waals surface area contributed by atoms with Gasteiger partial charge in [0, 0.05) is 55.9 Å². The molecule has 0 bridgehead atoms. The molecule has 1 unspecified atom stereocenters. The van der Waals surface area contributed by atoms with Crippen molar-refractivity contribution >= 4 is 40.2 Å². The van der Waals surface area contributed by atoms with E-state index < -0.39 is 5.54 Å². The number of terminal acetylenes is 1. The number of hydrogen-bond donors (Lipinski definition) is 3. The number of benzene rings is 1. The van der Waals surface area contributed by atoms with Crippen molar-refractivity contribution in [2.24, 2.45) is 0 Å². The maximum Gasteiger partial charge on any atom is 0.320 e. The number of nitrogens with zero attached hydrogens (tertiary/aromatic N) is 5. The lowest BCUT2D eigenvalue weighted by molar-refractivity contribution is 0.172. The first-order valence-corrected chi connectivity index (χ1v) is 12.0. The van der Waals surface area contributed by atoms with Crippen LogP contribution in [0, 0.1) is 12.3 Å². The van der Waals surface area contributed by atoms with Crippen LogP contribution < -0.4 is 20.9 Å². The number of pyridine rings is 1. The van der Waals surface area contributed by atoms with Gasteiger partial charge in [-0.25, -0.2) is 14.8 Å². The molecule has 1 atom stereocenters. The first-order valence-electron chi connectivity index (χ1n) is 12.0. The summed E-state index contributed by atoms with van der Waals surface area (Å²) in [5.74, 6) is 3.34. The van der Waals surface area contributed by atoms with Gasteiger partial charge in [0.25, 0.3) is 0 Å². The first kappa shape index (κ1) is 23.8. The van der Waals surface area contributed by atoms with Gasteiger partial charge < -0.3 is 25.2 Å². The van der Waals surface area contributed by atoms with Crippen LogP contribution in [0.15, 0.2) is 36.5 Å². The van der Waals surface area contributed by atoms with E-state index in [2.05, 4.69) is 65.8 Å². The van der Waals surface area contributed by atoms with Crippen molar-refractivity contribution in [3.05, 3.63) is 42.1 Å². The zero-order valence-corrected chi connectivity index (χ0v) is 20.5. The van der Waals surface area contributed by atoms with Gasteiger partial charge in [0.05, 0.1) is 17.5 Å². The minimum atomic E-state index is -0.408. The van der Waals surface area contributed by atoms with E-state index in [0.717, 1.165) is 38.3 Å². The first-order chi connectivity index (χ1) is 17.4. The molecular weight excluding hydrogens is 456 g/mol. The Balaban J connectivity index is 1.31. The molecule has 2 aromatic heterocycles. The predicted molar refractivity (Wildman–Crippen MR) is 141 cm³/mol. The van der Waals surface area contributed by atoms with Gasteiger partial charge >= 0.3 is 6.03 Å². The molecule has 3 N–H and O–H groups in total. The molecule has 2 saturated heterocycles. The zero-order chi connectivity index (χ0) is 25.1. The lowest BCUT2D eigenvalue weighted by atomic mass is 10.0. The monoisotopic (exact) mass is 486 g/mol. The summed E-state index contributed by atoms with van der Waals surface area (Å²) in [7, 11) is 2.15. The van der Waals surface area contributed by atoms with E-state index in [4.69, 9.17) is 11.2 Å². The molecule has 0 radical (unpaired) electrons.